The zero-order valence-corrected chi connectivity index (χ0v) is 13.8. The molecular formula is C17H27N5O. The number of hydrazine groups is 1. The molecule has 6 nitrogen and oxygen atoms in total. The van der Waals surface area contributed by atoms with E-state index in [0.717, 1.165) is 31.6 Å². The van der Waals surface area contributed by atoms with Crippen molar-refractivity contribution in [1.29, 1.82) is 0 Å². The van der Waals surface area contributed by atoms with Crippen molar-refractivity contribution in [2.75, 3.05) is 31.1 Å². The number of aromatic nitrogens is 1. The molecule has 0 aromatic carbocycles. The number of anilines is 1. The van der Waals surface area contributed by atoms with E-state index in [4.69, 9.17) is 4.52 Å². The Bertz CT molecular complexity index is 555. The lowest BCUT2D eigenvalue weighted by molar-refractivity contribution is 0.0995. The summed E-state index contributed by atoms with van der Waals surface area (Å²) in [4.78, 5) is 5.27. The largest absolute Gasteiger partial charge is 0.339 e. The van der Waals surface area contributed by atoms with Crippen LogP contribution in [-0.2, 0) is 0 Å². The van der Waals surface area contributed by atoms with Crippen LogP contribution in [0.15, 0.2) is 16.8 Å². The summed E-state index contributed by atoms with van der Waals surface area (Å²) in [6, 6.07) is 2.75. The highest BCUT2D eigenvalue weighted by molar-refractivity contribution is 5.37. The van der Waals surface area contributed by atoms with Gasteiger partial charge in [-0.15, -0.1) is 0 Å². The number of rotatable bonds is 2. The van der Waals surface area contributed by atoms with Gasteiger partial charge in [0.2, 0.25) is 5.88 Å². The second kappa shape index (κ2) is 5.19. The first kappa shape index (κ1) is 14.3. The summed E-state index contributed by atoms with van der Waals surface area (Å²) in [6.07, 6.45) is 11.0. The monoisotopic (exact) mass is 317 g/mol. The Labute approximate surface area is 137 Å². The van der Waals surface area contributed by atoms with E-state index in [1.54, 1.807) is 6.20 Å². The molecule has 2 N–H and O–H groups in total. The number of hydrogen-bond donors (Lipinski definition) is 2. The van der Waals surface area contributed by atoms with Crippen LogP contribution in [0, 0.1) is 0 Å². The zero-order valence-electron chi connectivity index (χ0n) is 13.8. The molecule has 1 saturated carbocycles. The molecule has 4 heterocycles. The van der Waals surface area contributed by atoms with E-state index in [2.05, 4.69) is 25.8 Å². The molecule has 1 aromatic heterocycles. The fraction of sp³-hybridized carbons (Fsp3) is 0.824. The van der Waals surface area contributed by atoms with Gasteiger partial charge in [0.05, 0.1) is 6.20 Å². The maximum atomic E-state index is 5.40. The molecule has 23 heavy (non-hydrogen) atoms. The van der Waals surface area contributed by atoms with Gasteiger partial charge in [-0.1, -0.05) is 5.16 Å². The maximum absolute atomic E-state index is 5.40. The van der Waals surface area contributed by atoms with Gasteiger partial charge in [-0.3, -0.25) is 15.8 Å². The van der Waals surface area contributed by atoms with Crippen LogP contribution in [-0.4, -0.2) is 53.4 Å². The summed E-state index contributed by atoms with van der Waals surface area (Å²) in [5.74, 6) is 0.943. The summed E-state index contributed by atoms with van der Waals surface area (Å²) < 4.78 is 5.40. The molecule has 4 fully saturated rings. The lowest BCUT2D eigenvalue weighted by atomic mass is 9.92. The minimum atomic E-state index is 0.370. The van der Waals surface area contributed by atoms with Crippen molar-refractivity contribution in [2.24, 2.45) is 0 Å². The predicted octanol–water partition coefficient (Wildman–Crippen LogP) is 1.51. The van der Waals surface area contributed by atoms with E-state index in [0.29, 0.717) is 11.1 Å². The van der Waals surface area contributed by atoms with Crippen LogP contribution in [0.5, 0.6) is 0 Å². The Morgan fingerprint density at radius 3 is 3.04 bits per heavy atom. The fourth-order valence-corrected chi connectivity index (χ4v) is 5.70. The van der Waals surface area contributed by atoms with Crippen molar-refractivity contribution in [3.05, 3.63) is 12.3 Å². The number of nitrogens with zero attached hydrogens (tertiary/aromatic N) is 3. The van der Waals surface area contributed by atoms with Gasteiger partial charge >= 0.3 is 0 Å². The van der Waals surface area contributed by atoms with Crippen LogP contribution in [0.3, 0.4) is 0 Å². The smallest absolute Gasteiger partial charge is 0.227 e. The molecule has 3 aliphatic heterocycles. The molecule has 1 aliphatic carbocycles. The van der Waals surface area contributed by atoms with Gasteiger partial charge < -0.3 is 9.42 Å². The van der Waals surface area contributed by atoms with Crippen molar-refractivity contribution < 1.29 is 4.52 Å². The third kappa shape index (κ3) is 2.22. The summed E-state index contributed by atoms with van der Waals surface area (Å²) >= 11 is 0. The lowest BCUT2D eigenvalue weighted by Gasteiger charge is -2.40. The van der Waals surface area contributed by atoms with Crippen molar-refractivity contribution in [2.45, 2.75) is 62.1 Å². The van der Waals surface area contributed by atoms with Gasteiger partial charge in [0, 0.05) is 42.8 Å². The first-order valence-corrected chi connectivity index (χ1v) is 9.21. The number of likely N-dealkylation sites (tertiary alicyclic amines) is 1. The van der Waals surface area contributed by atoms with Gasteiger partial charge in [-0.25, -0.2) is 0 Å². The quantitative estimate of drug-likeness (QED) is 0.862. The van der Waals surface area contributed by atoms with E-state index >= 15 is 0 Å². The second-order valence-corrected chi connectivity index (χ2v) is 8.02. The molecule has 0 bridgehead atoms. The molecule has 126 valence electrons. The normalized spacial score (nSPS) is 41.0. The third-order valence-electron chi connectivity index (χ3n) is 6.82. The molecule has 3 unspecified atom stereocenters. The highest BCUT2D eigenvalue weighted by Gasteiger charge is 2.52. The van der Waals surface area contributed by atoms with Crippen LogP contribution in [0.2, 0.25) is 0 Å². The van der Waals surface area contributed by atoms with Crippen LogP contribution >= 0.6 is 0 Å². The van der Waals surface area contributed by atoms with E-state index < -0.39 is 0 Å². The van der Waals surface area contributed by atoms with Gasteiger partial charge in [-0.2, -0.15) is 0 Å². The Morgan fingerprint density at radius 1 is 1.22 bits per heavy atom. The fourth-order valence-electron chi connectivity index (χ4n) is 5.70. The Hall–Kier alpha value is -1.11. The SMILES string of the molecule is c1cc(N2CCC3(CCCN3C3CCC4(CCNN4)C3)C2)on1. The van der Waals surface area contributed by atoms with Gasteiger partial charge in [0.25, 0.3) is 0 Å². The molecule has 5 rings (SSSR count). The van der Waals surface area contributed by atoms with E-state index in [-0.39, 0.29) is 0 Å². The number of hydrogen-bond acceptors (Lipinski definition) is 6. The summed E-state index contributed by atoms with van der Waals surface area (Å²) in [5.41, 5.74) is 7.68. The van der Waals surface area contributed by atoms with Gasteiger partial charge in [0.1, 0.15) is 0 Å². The molecule has 0 radical (unpaired) electrons. The van der Waals surface area contributed by atoms with E-state index in [9.17, 15) is 0 Å². The highest BCUT2D eigenvalue weighted by atomic mass is 16.5. The van der Waals surface area contributed by atoms with Gasteiger partial charge in [0.15, 0.2) is 0 Å². The molecule has 2 spiro atoms. The maximum Gasteiger partial charge on any atom is 0.227 e. The van der Waals surface area contributed by atoms with Crippen molar-refractivity contribution in [1.82, 2.24) is 20.9 Å². The Balaban J connectivity index is 1.33. The molecule has 3 saturated heterocycles. The molecular weight excluding hydrogens is 290 g/mol. The third-order valence-corrected chi connectivity index (χ3v) is 6.82. The van der Waals surface area contributed by atoms with Crippen LogP contribution in [0.4, 0.5) is 5.88 Å². The Kier molecular flexibility index (Phi) is 3.22. The second-order valence-electron chi connectivity index (χ2n) is 8.02. The van der Waals surface area contributed by atoms with Crippen molar-refractivity contribution in [3.8, 4) is 0 Å². The minimum absolute atomic E-state index is 0.370. The van der Waals surface area contributed by atoms with Crippen LogP contribution in [0.25, 0.3) is 0 Å². The van der Waals surface area contributed by atoms with Crippen molar-refractivity contribution >= 4 is 5.88 Å². The number of nitrogens with one attached hydrogen (secondary N) is 2. The topological polar surface area (TPSA) is 56.6 Å². The molecule has 1 aromatic rings. The van der Waals surface area contributed by atoms with Crippen LogP contribution in [0.1, 0.15) is 44.9 Å². The van der Waals surface area contributed by atoms with Crippen LogP contribution < -0.4 is 15.8 Å². The first-order valence-electron chi connectivity index (χ1n) is 9.21. The predicted molar refractivity (Wildman–Crippen MR) is 88.1 cm³/mol. The first-order chi connectivity index (χ1) is 11.3. The Morgan fingerprint density at radius 2 is 2.22 bits per heavy atom. The summed E-state index contributed by atoms with van der Waals surface area (Å²) in [6.45, 7) is 4.61. The molecule has 0 amide bonds. The van der Waals surface area contributed by atoms with E-state index in [1.165, 1.54) is 51.5 Å². The van der Waals surface area contributed by atoms with E-state index in [1.807, 2.05) is 6.07 Å². The molecule has 3 atom stereocenters. The zero-order chi connectivity index (χ0) is 15.3. The molecule has 4 aliphatic rings. The molecule has 6 heteroatoms. The standard InChI is InChI=1S/C17H27N5O/c1-4-17(7-11-21(13-17)15-3-8-19-23-15)22(10-1)14-2-5-16(12-14)6-9-18-20-16/h3,8,14,18,20H,1-2,4-7,9-13H2. The lowest BCUT2D eigenvalue weighted by Crippen LogP contribution is -2.51. The van der Waals surface area contributed by atoms with Crippen molar-refractivity contribution in [3.63, 3.8) is 0 Å². The average molecular weight is 317 g/mol. The summed E-state index contributed by atoms with van der Waals surface area (Å²) in [5, 5.41) is 3.88. The average Bonchev–Trinajstić information content (AvgIpc) is 3.36. The summed E-state index contributed by atoms with van der Waals surface area (Å²) in [7, 11) is 0. The highest BCUT2D eigenvalue weighted by Crippen LogP contribution is 2.46. The minimum Gasteiger partial charge on any atom is -0.339 e. The van der Waals surface area contributed by atoms with Gasteiger partial charge in [-0.05, 0) is 51.5 Å².